The van der Waals surface area contributed by atoms with Gasteiger partial charge in [-0.1, -0.05) is 13.8 Å². The lowest BCUT2D eigenvalue weighted by Crippen LogP contribution is -2.37. The predicted octanol–water partition coefficient (Wildman–Crippen LogP) is 1.26. The molecule has 118 valence electrons. The molecule has 0 radical (unpaired) electrons. The molecule has 1 unspecified atom stereocenters. The molecule has 0 aliphatic carbocycles. The second-order valence-corrected chi connectivity index (χ2v) is 6.87. The van der Waals surface area contributed by atoms with E-state index in [4.69, 9.17) is 0 Å². The van der Waals surface area contributed by atoms with Gasteiger partial charge >= 0.3 is 10.2 Å². The number of likely N-dealkylation sites (tertiary alicyclic amines) is 1. The Bertz CT molecular complexity index is 408. The molecule has 20 heavy (non-hydrogen) atoms. The molecule has 0 aromatic carbocycles. The lowest BCUT2D eigenvalue weighted by molar-refractivity contribution is -0.127. The van der Waals surface area contributed by atoms with Crippen LogP contribution in [0.4, 0.5) is 3.89 Å². The van der Waals surface area contributed by atoms with E-state index in [1.807, 2.05) is 0 Å². The average molecular weight is 308 g/mol. The van der Waals surface area contributed by atoms with Gasteiger partial charge in [0.2, 0.25) is 5.91 Å². The minimum Gasteiger partial charge on any atom is -0.341 e. The number of hydrogen-bond acceptors (Lipinski definition) is 4. The number of amides is 1. The normalized spacial score (nSPS) is 20.1. The van der Waals surface area contributed by atoms with E-state index in [-0.39, 0.29) is 12.3 Å². The van der Waals surface area contributed by atoms with Crippen molar-refractivity contribution in [2.45, 2.75) is 33.1 Å². The van der Waals surface area contributed by atoms with Gasteiger partial charge in [-0.05, 0) is 25.9 Å². The van der Waals surface area contributed by atoms with Crippen molar-refractivity contribution in [3.8, 4) is 0 Å². The third kappa shape index (κ3) is 6.17. The quantitative estimate of drug-likeness (QED) is 0.602. The van der Waals surface area contributed by atoms with Crippen molar-refractivity contribution in [2.24, 2.45) is 5.92 Å². The topological polar surface area (TPSA) is 57.7 Å². The maximum absolute atomic E-state index is 12.6. The van der Waals surface area contributed by atoms with Crippen LogP contribution in [0.25, 0.3) is 0 Å². The van der Waals surface area contributed by atoms with Crippen LogP contribution in [0, 0.1) is 5.92 Å². The third-order valence-corrected chi connectivity index (χ3v) is 4.36. The molecule has 1 heterocycles. The minimum atomic E-state index is -4.49. The highest BCUT2D eigenvalue weighted by Gasteiger charge is 2.32. The van der Waals surface area contributed by atoms with Gasteiger partial charge in [0.1, 0.15) is 0 Å². The smallest absolute Gasteiger partial charge is 0.302 e. The lowest BCUT2D eigenvalue weighted by Gasteiger charge is -2.24. The number of halogens is 1. The fourth-order valence-corrected chi connectivity index (χ4v) is 3.48. The van der Waals surface area contributed by atoms with Gasteiger partial charge in [0.15, 0.2) is 0 Å². The zero-order valence-electron chi connectivity index (χ0n) is 12.3. The van der Waals surface area contributed by atoms with Crippen molar-refractivity contribution >= 4 is 16.1 Å². The summed E-state index contributed by atoms with van der Waals surface area (Å²) in [5.41, 5.74) is 0. The molecule has 1 saturated heterocycles. The fourth-order valence-electron chi connectivity index (χ4n) is 2.69. The molecular weight excluding hydrogens is 283 g/mol. The monoisotopic (exact) mass is 308 g/mol. The molecular formula is C13H25FN2O3S. The Morgan fingerprint density at radius 2 is 1.85 bits per heavy atom. The Balaban J connectivity index is 2.42. The van der Waals surface area contributed by atoms with Crippen molar-refractivity contribution in [2.75, 3.05) is 38.5 Å². The minimum absolute atomic E-state index is 0.0633. The molecule has 1 rings (SSSR count). The molecule has 0 bridgehead atoms. The number of rotatable bonds is 9. The summed E-state index contributed by atoms with van der Waals surface area (Å²) in [5.74, 6) is -1.00. The first kappa shape index (κ1) is 17.4. The van der Waals surface area contributed by atoms with Crippen LogP contribution in [0.15, 0.2) is 0 Å². The van der Waals surface area contributed by atoms with Crippen LogP contribution in [0.5, 0.6) is 0 Å². The first-order chi connectivity index (χ1) is 9.35. The summed E-state index contributed by atoms with van der Waals surface area (Å²) in [6, 6.07) is 0. The molecule has 5 nitrogen and oxygen atoms in total. The zero-order chi connectivity index (χ0) is 15.2. The van der Waals surface area contributed by atoms with Gasteiger partial charge in [-0.2, -0.15) is 8.42 Å². The van der Waals surface area contributed by atoms with Gasteiger partial charge < -0.3 is 9.80 Å². The summed E-state index contributed by atoms with van der Waals surface area (Å²) in [5, 5.41) is 0. The molecule has 1 atom stereocenters. The molecule has 1 aliphatic rings. The maximum atomic E-state index is 12.6. The highest BCUT2D eigenvalue weighted by atomic mass is 32.3. The Hall–Kier alpha value is -0.690. The number of carbonyl (C=O) groups excluding carboxylic acids is 1. The second kappa shape index (κ2) is 7.93. The Labute approximate surface area is 121 Å². The van der Waals surface area contributed by atoms with Gasteiger partial charge in [-0.15, -0.1) is 3.89 Å². The molecule has 0 N–H and O–H groups in total. The Morgan fingerprint density at radius 3 is 2.35 bits per heavy atom. The van der Waals surface area contributed by atoms with Crippen molar-refractivity contribution in [1.29, 1.82) is 0 Å². The lowest BCUT2D eigenvalue weighted by atomic mass is 10.1. The van der Waals surface area contributed by atoms with E-state index in [2.05, 4.69) is 18.7 Å². The van der Waals surface area contributed by atoms with E-state index < -0.39 is 21.9 Å². The predicted molar refractivity (Wildman–Crippen MR) is 76.6 cm³/mol. The maximum Gasteiger partial charge on any atom is 0.302 e. The summed E-state index contributed by atoms with van der Waals surface area (Å²) < 4.78 is 33.9. The number of nitrogens with zero attached hydrogens (tertiary/aromatic N) is 2. The zero-order valence-corrected chi connectivity index (χ0v) is 13.2. The van der Waals surface area contributed by atoms with Gasteiger partial charge in [0, 0.05) is 32.0 Å². The van der Waals surface area contributed by atoms with E-state index in [9.17, 15) is 17.1 Å². The van der Waals surface area contributed by atoms with E-state index in [1.54, 1.807) is 4.90 Å². The molecule has 0 spiro atoms. The van der Waals surface area contributed by atoms with E-state index in [0.717, 1.165) is 32.5 Å². The van der Waals surface area contributed by atoms with Crippen molar-refractivity contribution in [3.63, 3.8) is 0 Å². The van der Waals surface area contributed by atoms with Gasteiger partial charge in [0.05, 0.1) is 5.75 Å². The Morgan fingerprint density at radius 1 is 1.25 bits per heavy atom. The van der Waals surface area contributed by atoms with Gasteiger partial charge in [0.25, 0.3) is 0 Å². The highest BCUT2D eigenvalue weighted by Crippen LogP contribution is 2.19. The Kier molecular flexibility index (Phi) is 6.88. The molecule has 1 fully saturated rings. The fraction of sp³-hybridized carbons (Fsp3) is 0.923. The standard InChI is InChI=1S/C13H25FN2O3S/c1-3-5-15(6-4-2)7-8-16-10-12(9-13(16)17)11-20(14,18)19/h12H,3-11H2,1-2H3. The summed E-state index contributed by atoms with van der Waals surface area (Å²) in [4.78, 5) is 15.7. The highest BCUT2D eigenvalue weighted by molar-refractivity contribution is 7.86. The van der Waals surface area contributed by atoms with Crippen molar-refractivity contribution < 1.29 is 17.1 Å². The van der Waals surface area contributed by atoms with E-state index >= 15 is 0 Å². The van der Waals surface area contributed by atoms with Crippen LogP contribution in [-0.2, 0) is 15.0 Å². The summed E-state index contributed by atoms with van der Waals surface area (Å²) in [6.45, 7) is 7.98. The number of hydrogen-bond donors (Lipinski definition) is 0. The SMILES string of the molecule is CCCN(CCC)CCN1CC(CS(=O)(=O)F)CC1=O. The van der Waals surface area contributed by atoms with Crippen molar-refractivity contribution in [1.82, 2.24) is 9.80 Å². The molecule has 1 amide bonds. The van der Waals surface area contributed by atoms with Crippen LogP contribution in [0.1, 0.15) is 33.1 Å². The van der Waals surface area contributed by atoms with Gasteiger partial charge in [-0.25, -0.2) is 0 Å². The first-order valence-corrected chi connectivity index (χ1v) is 8.83. The molecule has 7 heteroatoms. The summed E-state index contributed by atoms with van der Waals surface area (Å²) in [6.07, 6.45) is 2.28. The van der Waals surface area contributed by atoms with Crippen LogP contribution in [0.3, 0.4) is 0 Å². The largest absolute Gasteiger partial charge is 0.341 e. The molecule has 1 aliphatic heterocycles. The molecule has 0 saturated carbocycles. The first-order valence-electron chi connectivity index (χ1n) is 7.28. The van der Waals surface area contributed by atoms with E-state index in [1.165, 1.54) is 0 Å². The van der Waals surface area contributed by atoms with Crippen LogP contribution >= 0.6 is 0 Å². The van der Waals surface area contributed by atoms with Gasteiger partial charge in [-0.3, -0.25) is 4.79 Å². The average Bonchev–Trinajstić information content (AvgIpc) is 2.64. The van der Waals surface area contributed by atoms with Crippen molar-refractivity contribution in [3.05, 3.63) is 0 Å². The number of carbonyl (C=O) groups is 1. The van der Waals surface area contributed by atoms with Crippen LogP contribution in [0.2, 0.25) is 0 Å². The van der Waals surface area contributed by atoms with E-state index in [0.29, 0.717) is 13.1 Å². The van der Waals surface area contributed by atoms with Crippen LogP contribution in [-0.4, -0.2) is 62.6 Å². The molecule has 0 aromatic heterocycles. The molecule has 0 aromatic rings. The third-order valence-electron chi connectivity index (χ3n) is 3.50. The summed E-state index contributed by atoms with van der Waals surface area (Å²) >= 11 is 0. The second-order valence-electron chi connectivity index (χ2n) is 5.46. The van der Waals surface area contributed by atoms with Crippen LogP contribution < -0.4 is 0 Å². The summed E-state index contributed by atoms with van der Waals surface area (Å²) in [7, 11) is -4.49.